The lowest BCUT2D eigenvalue weighted by atomic mass is 9.68. The highest BCUT2D eigenvalue weighted by molar-refractivity contribution is 5.69. The number of carbonyl (C=O) groups excluding carboxylic acids is 1. The summed E-state index contributed by atoms with van der Waals surface area (Å²) in [5.41, 5.74) is 0. The van der Waals surface area contributed by atoms with Crippen LogP contribution in [0, 0.1) is 17.8 Å². The van der Waals surface area contributed by atoms with Crippen molar-refractivity contribution in [3.63, 3.8) is 0 Å². The largest absolute Gasteiger partial charge is 0.481 e. The van der Waals surface area contributed by atoms with Crippen LogP contribution < -0.4 is 0 Å². The van der Waals surface area contributed by atoms with Gasteiger partial charge in [0.15, 0.2) is 0 Å². The summed E-state index contributed by atoms with van der Waals surface area (Å²) < 4.78 is 4.80. The van der Waals surface area contributed by atoms with Crippen molar-refractivity contribution in [1.82, 2.24) is 4.90 Å². The van der Waals surface area contributed by atoms with E-state index in [4.69, 9.17) is 9.84 Å². The predicted octanol–water partition coefficient (Wildman–Crippen LogP) is 2.09. The van der Waals surface area contributed by atoms with Gasteiger partial charge in [-0.3, -0.25) is 4.79 Å². The molecular formula is C13H19NO4. The van der Waals surface area contributed by atoms with Crippen LogP contribution in [0.3, 0.4) is 0 Å². The molecule has 18 heavy (non-hydrogen) atoms. The lowest BCUT2D eigenvalue weighted by Crippen LogP contribution is -2.51. The van der Waals surface area contributed by atoms with E-state index in [9.17, 15) is 9.59 Å². The summed E-state index contributed by atoms with van der Waals surface area (Å²) in [6, 6.07) is 0. The van der Waals surface area contributed by atoms with Crippen molar-refractivity contribution in [1.29, 1.82) is 0 Å². The van der Waals surface area contributed by atoms with E-state index in [1.54, 1.807) is 4.90 Å². The number of carboxylic acids is 1. The standard InChI is InChI=1S/C13H19NO4/c1-2-18-13(17)14-7-9-4-3-5-10(8-14)11(9)6-12(15)16/h2,9-11H,1,3-8H2,(H,15,16). The molecule has 100 valence electrons. The van der Waals surface area contributed by atoms with E-state index in [0.717, 1.165) is 25.5 Å². The Bertz CT molecular complexity index is 341. The molecule has 1 aliphatic carbocycles. The molecule has 0 aromatic carbocycles. The fourth-order valence-corrected chi connectivity index (χ4v) is 3.38. The molecule has 2 atom stereocenters. The van der Waals surface area contributed by atoms with Crippen molar-refractivity contribution < 1.29 is 19.4 Å². The molecule has 1 aliphatic heterocycles. The first-order valence-corrected chi connectivity index (χ1v) is 6.40. The Balaban J connectivity index is 2.03. The molecule has 2 bridgehead atoms. The van der Waals surface area contributed by atoms with Gasteiger partial charge in [-0.2, -0.15) is 0 Å². The molecule has 1 heterocycles. The van der Waals surface area contributed by atoms with Crippen LogP contribution >= 0.6 is 0 Å². The summed E-state index contributed by atoms with van der Waals surface area (Å²) in [6.07, 6.45) is 4.14. The Hall–Kier alpha value is -1.52. The Morgan fingerprint density at radius 3 is 2.44 bits per heavy atom. The van der Waals surface area contributed by atoms with Crippen molar-refractivity contribution in [3.05, 3.63) is 12.8 Å². The number of aliphatic carboxylic acids is 1. The fourth-order valence-electron chi connectivity index (χ4n) is 3.38. The normalized spacial score (nSPS) is 30.7. The van der Waals surface area contributed by atoms with Crippen LogP contribution in [0.25, 0.3) is 0 Å². The number of amides is 1. The maximum Gasteiger partial charge on any atom is 0.414 e. The molecule has 0 aromatic heterocycles. The van der Waals surface area contributed by atoms with Crippen molar-refractivity contribution in [2.24, 2.45) is 17.8 Å². The Kier molecular flexibility index (Phi) is 3.89. The molecule has 1 saturated carbocycles. The zero-order valence-electron chi connectivity index (χ0n) is 10.4. The van der Waals surface area contributed by atoms with Crippen molar-refractivity contribution in [3.8, 4) is 0 Å². The third-order valence-electron chi connectivity index (χ3n) is 4.12. The van der Waals surface area contributed by atoms with Crippen molar-refractivity contribution in [2.45, 2.75) is 25.7 Å². The SMILES string of the molecule is C=COC(=O)N1CC2CCCC(C1)C2CC(=O)O. The van der Waals surface area contributed by atoms with E-state index in [-0.39, 0.29) is 18.4 Å². The molecule has 1 N–H and O–H groups in total. The summed E-state index contributed by atoms with van der Waals surface area (Å²) in [7, 11) is 0. The second kappa shape index (κ2) is 5.42. The van der Waals surface area contributed by atoms with Crippen LogP contribution in [0.5, 0.6) is 0 Å². The molecule has 0 aromatic rings. The van der Waals surface area contributed by atoms with Gasteiger partial charge >= 0.3 is 12.1 Å². The zero-order valence-corrected chi connectivity index (χ0v) is 10.4. The number of nitrogens with zero attached hydrogens (tertiary/aromatic N) is 1. The molecule has 2 unspecified atom stereocenters. The lowest BCUT2D eigenvalue weighted by molar-refractivity contribution is -0.140. The number of ether oxygens (including phenoxy) is 1. The highest BCUT2D eigenvalue weighted by atomic mass is 16.5. The van der Waals surface area contributed by atoms with Gasteiger partial charge in [0.2, 0.25) is 0 Å². The minimum atomic E-state index is -0.737. The quantitative estimate of drug-likeness (QED) is 0.782. The molecule has 2 fully saturated rings. The van der Waals surface area contributed by atoms with Crippen LogP contribution in [0.15, 0.2) is 12.8 Å². The van der Waals surface area contributed by atoms with E-state index in [2.05, 4.69) is 6.58 Å². The average Bonchev–Trinajstić information content (AvgIpc) is 2.27. The maximum atomic E-state index is 11.7. The monoisotopic (exact) mass is 253 g/mol. The van der Waals surface area contributed by atoms with Gasteiger partial charge in [0.05, 0.1) is 6.26 Å². The first-order valence-electron chi connectivity index (χ1n) is 6.40. The van der Waals surface area contributed by atoms with Gasteiger partial charge in [0, 0.05) is 19.5 Å². The van der Waals surface area contributed by atoms with Crippen LogP contribution in [-0.4, -0.2) is 35.2 Å². The summed E-state index contributed by atoms with van der Waals surface area (Å²) in [5.74, 6) is 0.0694. The van der Waals surface area contributed by atoms with Crippen LogP contribution in [0.1, 0.15) is 25.7 Å². The second-order valence-electron chi connectivity index (χ2n) is 5.17. The number of hydrogen-bond donors (Lipinski definition) is 1. The van der Waals surface area contributed by atoms with Gasteiger partial charge in [0.25, 0.3) is 0 Å². The second-order valence-corrected chi connectivity index (χ2v) is 5.17. The number of piperidine rings is 1. The van der Waals surface area contributed by atoms with E-state index in [0.29, 0.717) is 24.9 Å². The predicted molar refractivity (Wildman–Crippen MR) is 64.8 cm³/mol. The first kappa shape index (κ1) is 12.9. The van der Waals surface area contributed by atoms with Gasteiger partial charge in [-0.15, -0.1) is 0 Å². The summed E-state index contributed by atoms with van der Waals surface area (Å²) in [4.78, 5) is 24.3. The molecule has 0 radical (unpaired) electrons. The number of carbonyl (C=O) groups is 2. The van der Waals surface area contributed by atoms with Gasteiger partial charge < -0.3 is 14.7 Å². The molecular weight excluding hydrogens is 234 g/mol. The highest BCUT2D eigenvalue weighted by Crippen LogP contribution is 2.41. The number of fused-ring (bicyclic) bond motifs is 2. The molecule has 5 nitrogen and oxygen atoms in total. The van der Waals surface area contributed by atoms with Gasteiger partial charge in [-0.05, 0) is 30.6 Å². The van der Waals surface area contributed by atoms with Gasteiger partial charge in [0.1, 0.15) is 0 Å². The average molecular weight is 253 g/mol. The van der Waals surface area contributed by atoms with Gasteiger partial charge in [-0.1, -0.05) is 13.0 Å². The fraction of sp³-hybridized carbons (Fsp3) is 0.692. The van der Waals surface area contributed by atoms with Crippen LogP contribution in [-0.2, 0) is 9.53 Å². The van der Waals surface area contributed by atoms with Crippen LogP contribution in [0.2, 0.25) is 0 Å². The molecule has 2 aliphatic rings. The van der Waals surface area contributed by atoms with Crippen molar-refractivity contribution >= 4 is 12.1 Å². The highest BCUT2D eigenvalue weighted by Gasteiger charge is 2.41. The molecule has 1 saturated heterocycles. The van der Waals surface area contributed by atoms with Crippen LogP contribution in [0.4, 0.5) is 4.79 Å². The Morgan fingerprint density at radius 1 is 1.33 bits per heavy atom. The van der Waals surface area contributed by atoms with E-state index in [1.165, 1.54) is 0 Å². The third kappa shape index (κ3) is 2.66. The molecule has 0 spiro atoms. The summed E-state index contributed by atoms with van der Waals surface area (Å²) >= 11 is 0. The Labute approximate surface area is 106 Å². The molecule has 5 heteroatoms. The zero-order chi connectivity index (χ0) is 13.1. The Morgan fingerprint density at radius 2 is 1.94 bits per heavy atom. The minimum Gasteiger partial charge on any atom is -0.481 e. The number of rotatable bonds is 3. The van der Waals surface area contributed by atoms with E-state index < -0.39 is 5.97 Å². The van der Waals surface area contributed by atoms with Gasteiger partial charge in [-0.25, -0.2) is 4.79 Å². The minimum absolute atomic E-state index is 0.212. The smallest absolute Gasteiger partial charge is 0.414 e. The third-order valence-corrected chi connectivity index (χ3v) is 4.12. The number of carboxylic acid groups (broad SMARTS) is 1. The van der Waals surface area contributed by atoms with Crippen molar-refractivity contribution in [2.75, 3.05) is 13.1 Å². The number of hydrogen-bond acceptors (Lipinski definition) is 3. The van der Waals surface area contributed by atoms with E-state index in [1.807, 2.05) is 0 Å². The molecule has 1 amide bonds. The topological polar surface area (TPSA) is 66.8 Å². The molecule has 2 rings (SSSR count). The lowest BCUT2D eigenvalue weighted by Gasteiger charge is -2.46. The maximum absolute atomic E-state index is 11.7. The summed E-state index contributed by atoms with van der Waals surface area (Å²) in [6.45, 7) is 4.60. The first-order chi connectivity index (χ1) is 8.61. The van der Waals surface area contributed by atoms with E-state index >= 15 is 0 Å². The summed E-state index contributed by atoms with van der Waals surface area (Å²) in [5, 5.41) is 8.96. The number of likely N-dealkylation sites (tertiary alicyclic amines) is 1.